The van der Waals surface area contributed by atoms with E-state index in [-0.39, 0.29) is 12.0 Å². The van der Waals surface area contributed by atoms with Gasteiger partial charge in [0.1, 0.15) is 5.82 Å². The maximum Gasteiger partial charge on any atom is 0.314 e. The number of carbonyl (C=O) groups is 2. The molecule has 7 heteroatoms. The van der Waals surface area contributed by atoms with Crippen molar-refractivity contribution >= 4 is 17.6 Å². The molecule has 0 aliphatic rings. The van der Waals surface area contributed by atoms with E-state index in [1.165, 1.54) is 0 Å². The molecule has 0 unspecified atom stereocenters. The van der Waals surface area contributed by atoms with E-state index in [2.05, 4.69) is 15.7 Å². The van der Waals surface area contributed by atoms with Gasteiger partial charge in [-0.15, -0.1) is 0 Å². The van der Waals surface area contributed by atoms with E-state index in [9.17, 15) is 14.7 Å². The predicted octanol–water partition coefficient (Wildman–Crippen LogP) is 2.30. The van der Waals surface area contributed by atoms with Gasteiger partial charge in [0.25, 0.3) is 0 Å². The molecule has 0 atom stereocenters. The fraction of sp³-hybridized carbons (Fsp3) is 0.450. The van der Waals surface area contributed by atoms with Gasteiger partial charge in [-0.1, -0.05) is 39.0 Å². The highest BCUT2D eigenvalue weighted by Gasteiger charge is 2.28. The quantitative estimate of drug-likeness (QED) is 0.718. The number of nitrogens with one attached hydrogen (secondary N) is 2. The molecule has 0 radical (unpaired) electrons. The summed E-state index contributed by atoms with van der Waals surface area (Å²) in [5.41, 5.74) is 1.29. The molecule has 7 nitrogen and oxygen atoms in total. The number of para-hydroxylation sites is 1. The Labute approximate surface area is 159 Å². The summed E-state index contributed by atoms with van der Waals surface area (Å²) in [6.45, 7) is 11.0. The molecular weight excluding hydrogens is 344 g/mol. The molecule has 0 fully saturated rings. The summed E-state index contributed by atoms with van der Waals surface area (Å²) in [6.07, 6.45) is 0. The second-order valence-corrected chi connectivity index (χ2v) is 8.27. The number of aromatic nitrogens is 2. The Bertz CT molecular complexity index is 833. The summed E-state index contributed by atoms with van der Waals surface area (Å²) in [4.78, 5) is 24.7. The molecular formula is C20H28N4O3. The highest BCUT2D eigenvalue weighted by molar-refractivity contribution is 6.39. The van der Waals surface area contributed by atoms with E-state index in [1.807, 2.05) is 58.0 Å². The summed E-state index contributed by atoms with van der Waals surface area (Å²) >= 11 is 0. The van der Waals surface area contributed by atoms with E-state index in [1.54, 1.807) is 18.5 Å². The smallest absolute Gasteiger partial charge is 0.314 e. The predicted molar refractivity (Wildman–Crippen MR) is 105 cm³/mol. The second kappa shape index (κ2) is 7.52. The number of aliphatic hydroxyl groups excluding tert-OH is 1. The van der Waals surface area contributed by atoms with Crippen molar-refractivity contribution < 1.29 is 14.7 Å². The molecule has 2 aromatic rings. The van der Waals surface area contributed by atoms with Crippen LogP contribution in [-0.2, 0) is 15.0 Å². The van der Waals surface area contributed by atoms with Crippen molar-refractivity contribution in [3.63, 3.8) is 0 Å². The first-order chi connectivity index (χ1) is 12.5. The summed E-state index contributed by atoms with van der Waals surface area (Å²) in [6, 6.07) is 9.41. The van der Waals surface area contributed by atoms with Crippen LogP contribution in [0, 0.1) is 6.92 Å². The van der Waals surface area contributed by atoms with Crippen LogP contribution in [0.1, 0.15) is 45.9 Å². The number of amides is 2. The van der Waals surface area contributed by atoms with Gasteiger partial charge in [-0.2, -0.15) is 5.10 Å². The van der Waals surface area contributed by atoms with Gasteiger partial charge in [0.05, 0.1) is 23.5 Å². The van der Waals surface area contributed by atoms with Gasteiger partial charge in [-0.3, -0.25) is 9.59 Å². The number of aliphatic hydroxyl groups is 1. The van der Waals surface area contributed by atoms with Gasteiger partial charge in [-0.05, 0) is 32.9 Å². The molecule has 146 valence electrons. The SMILES string of the molecule is Cc1c(C(C)(C)C)nn(-c2ccccc2)c1NC(=O)C(=O)NC(C)(C)CO. The maximum absolute atomic E-state index is 12.5. The summed E-state index contributed by atoms with van der Waals surface area (Å²) in [5.74, 6) is -1.17. The molecule has 27 heavy (non-hydrogen) atoms. The highest BCUT2D eigenvalue weighted by atomic mass is 16.3. The monoisotopic (exact) mass is 372 g/mol. The first-order valence-corrected chi connectivity index (χ1v) is 8.86. The van der Waals surface area contributed by atoms with Crippen molar-refractivity contribution in [1.82, 2.24) is 15.1 Å². The van der Waals surface area contributed by atoms with Crippen molar-refractivity contribution in [1.29, 1.82) is 0 Å². The van der Waals surface area contributed by atoms with Gasteiger partial charge < -0.3 is 15.7 Å². The van der Waals surface area contributed by atoms with Crippen molar-refractivity contribution in [2.24, 2.45) is 0 Å². The van der Waals surface area contributed by atoms with Crippen LogP contribution < -0.4 is 10.6 Å². The molecule has 1 heterocycles. The van der Waals surface area contributed by atoms with Gasteiger partial charge >= 0.3 is 11.8 Å². The highest BCUT2D eigenvalue weighted by Crippen LogP contribution is 2.31. The fourth-order valence-corrected chi connectivity index (χ4v) is 2.68. The number of benzene rings is 1. The molecule has 0 spiro atoms. The minimum absolute atomic E-state index is 0.231. The molecule has 0 aliphatic heterocycles. The average Bonchev–Trinajstić information content (AvgIpc) is 2.92. The number of hydrogen-bond acceptors (Lipinski definition) is 4. The molecule has 0 saturated heterocycles. The first kappa shape index (κ1) is 20.6. The minimum Gasteiger partial charge on any atom is -0.394 e. The lowest BCUT2D eigenvalue weighted by Crippen LogP contribution is -2.50. The van der Waals surface area contributed by atoms with Crippen LogP contribution in [0.25, 0.3) is 5.69 Å². The summed E-state index contributed by atoms with van der Waals surface area (Å²) < 4.78 is 1.64. The van der Waals surface area contributed by atoms with Crippen LogP contribution >= 0.6 is 0 Å². The van der Waals surface area contributed by atoms with Gasteiger partial charge in [0, 0.05) is 11.0 Å². The third-order valence-electron chi connectivity index (χ3n) is 4.12. The topological polar surface area (TPSA) is 96.2 Å². The second-order valence-electron chi connectivity index (χ2n) is 8.27. The largest absolute Gasteiger partial charge is 0.394 e. The van der Waals surface area contributed by atoms with E-state index in [4.69, 9.17) is 0 Å². The third kappa shape index (κ3) is 4.74. The van der Waals surface area contributed by atoms with Crippen molar-refractivity contribution in [2.45, 2.75) is 52.5 Å². The normalized spacial score (nSPS) is 12.0. The molecule has 1 aromatic carbocycles. The number of hydrogen-bond donors (Lipinski definition) is 3. The molecule has 2 rings (SSSR count). The number of anilines is 1. The lowest BCUT2D eigenvalue weighted by molar-refractivity contribution is -0.137. The number of rotatable bonds is 4. The first-order valence-electron chi connectivity index (χ1n) is 8.86. The van der Waals surface area contributed by atoms with Crippen LogP contribution in [0.3, 0.4) is 0 Å². The zero-order chi connectivity index (χ0) is 20.4. The van der Waals surface area contributed by atoms with Gasteiger partial charge in [-0.25, -0.2) is 4.68 Å². The van der Waals surface area contributed by atoms with Crippen LogP contribution in [0.2, 0.25) is 0 Å². The Balaban J connectivity index is 2.42. The molecule has 1 aromatic heterocycles. The minimum atomic E-state index is -0.889. The lowest BCUT2D eigenvalue weighted by Gasteiger charge is -2.23. The van der Waals surface area contributed by atoms with E-state index < -0.39 is 17.4 Å². The lowest BCUT2D eigenvalue weighted by atomic mass is 9.90. The summed E-state index contributed by atoms with van der Waals surface area (Å²) in [5, 5.41) is 19.2. The van der Waals surface area contributed by atoms with E-state index in [0.29, 0.717) is 5.82 Å². The Kier molecular flexibility index (Phi) is 5.75. The third-order valence-corrected chi connectivity index (χ3v) is 4.12. The van der Waals surface area contributed by atoms with Gasteiger partial charge in [0.2, 0.25) is 0 Å². The van der Waals surface area contributed by atoms with Crippen molar-refractivity contribution in [2.75, 3.05) is 11.9 Å². The zero-order valence-corrected chi connectivity index (χ0v) is 16.8. The fourth-order valence-electron chi connectivity index (χ4n) is 2.68. The Morgan fingerprint density at radius 2 is 1.67 bits per heavy atom. The van der Waals surface area contributed by atoms with Crippen LogP contribution in [-0.4, -0.2) is 38.8 Å². The molecule has 0 saturated carbocycles. The van der Waals surface area contributed by atoms with Crippen molar-refractivity contribution in [3.8, 4) is 5.69 Å². The van der Waals surface area contributed by atoms with Crippen LogP contribution in [0.4, 0.5) is 5.82 Å². The van der Waals surface area contributed by atoms with E-state index in [0.717, 1.165) is 16.9 Å². The summed E-state index contributed by atoms with van der Waals surface area (Å²) in [7, 11) is 0. The number of carbonyl (C=O) groups excluding carboxylic acids is 2. The van der Waals surface area contributed by atoms with Crippen molar-refractivity contribution in [3.05, 3.63) is 41.6 Å². The molecule has 2 amide bonds. The molecule has 0 bridgehead atoms. The Morgan fingerprint density at radius 3 is 2.19 bits per heavy atom. The molecule has 0 aliphatic carbocycles. The zero-order valence-electron chi connectivity index (χ0n) is 16.8. The Hall–Kier alpha value is -2.67. The van der Waals surface area contributed by atoms with Crippen LogP contribution in [0.5, 0.6) is 0 Å². The standard InChI is InChI=1S/C20H28N4O3/c1-13-15(19(2,3)4)23-24(14-10-8-7-9-11-14)16(13)21-17(26)18(27)22-20(5,6)12-25/h7-11,25H,12H2,1-6H3,(H,21,26)(H,22,27). The number of nitrogens with zero attached hydrogens (tertiary/aromatic N) is 2. The molecule has 3 N–H and O–H groups in total. The maximum atomic E-state index is 12.5. The Morgan fingerprint density at radius 1 is 1.07 bits per heavy atom. The average molecular weight is 372 g/mol. The van der Waals surface area contributed by atoms with Gasteiger partial charge in [0.15, 0.2) is 0 Å². The van der Waals surface area contributed by atoms with E-state index >= 15 is 0 Å². The van der Waals surface area contributed by atoms with Crippen LogP contribution in [0.15, 0.2) is 30.3 Å².